The third-order valence-electron chi connectivity index (χ3n) is 3.95. The average molecular weight is 309 g/mol. The Bertz CT molecular complexity index is 778. The fraction of sp³-hybridized carbons (Fsp3) is 0.429. The molecule has 1 aromatic carbocycles. The number of nitrogens with one attached hydrogen (secondary N) is 1. The van der Waals surface area contributed by atoms with E-state index in [0.717, 1.165) is 27.8 Å². The number of aromatic nitrogens is 2. The van der Waals surface area contributed by atoms with Crippen molar-refractivity contribution in [2.24, 2.45) is 0 Å². The molecule has 0 radical (unpaired) electrons. The normalized spacial score (nSPS) is 11.7. The van der Waals surface area contributed by atoms with Gasteiger partial charge in [0.1, 0.15) is 0 Å². The molecule has 0 spiro atoms. The highest BCUT2D eigenvalue weighted by Gasteiger charge is 2.25. The zero-order chi connectivity index (χ0) is 15.9. The van der Waals surface area contributed by atoms with Crippen molar-refractivity contribution in [3.05, 3.63) is 33.7 Å². The molecule has 0 amide bonds. The molecular weight excluding hydrogens is 290 g/mol. The summed E-state index contributed by atoms with van der Waals surface area (Å²) in [6, 6.07) is -0.123. The van der Waals surface area contributed by atoms with Crippen molar-refractivity contribution >= 4 is 16.0 Å². The van der Waals surface area contributed by atoms with E-state index in [1.807, 2.05) is 34.6 Å². The van der Waals surface area contributed by atoms with Gasteiger partial charge in [0.15, 0.2) is 0 Å². The summed E-state index contributed by atoms with van der Waals surface area (Å²) in [5.74, 6) is 0.303. The highest BCUT2D eigenvalue weighted by Crippen LogP contribution is 2.30. The van der Waals surface area contributed by atoms with E-state index in [0.29, 0.717) is 5.89 Å². The number of sulfonamides is 1. The molecule has 2 aromatic rings. The van der Waals surface area contributed by atoms with Crippen LogP contribution in [-0.2, 0) is 10.0 Å². The van der Waals surface area contributed by atoms with Gasteiger partial charge < -0.3 is 4.42 Å². The second kappa shape index (κ2) is 5.14. The van der Waals surface area contributed by atoms with Crippen LogP contribution < -0.4 is 4.72 Å². The predicted molar refractivity (Wildman–Crippen MR) is 80.0 cm³/mol. The van der Waals surface area contributed by atoms with E-state index in [4.69, 9.17) is 4.42 Å². The smallest absolute Gasteiger partial charge is 0.329 e. The van der Waals surface area contributed by atoms with E-state index >= 15 is 0 Å². The fourth-order valence-corrected chi connectivity index (χ4v) is 3.90. The van der Waals surface area contributed by atoms with Gasteiger partial charge in [0.2, 0.25) is 5.89 Å². The predicted octanol–water partition coefficient (Wildman–Crippen LogP) is 2.72. The second-order valence-electron chi connectivity index (χ2n) is 5.19. The average Bonchev–Trinajstić information content (AvgIpc) is 2.78. The molecular formula is C14H19N3O3S. The third-order valence-corrected chi connectivity index (χ3v) is 5.54. The van der Waals surface area contributed by atoms with Crippen molar-refractivity contribution in [2.45, 2.75) is 46.4 Å². The van der Waals surface area contributed by atoms with Crippen LogP contribution in [-0.4, -0.2) is 18.6 Å². The van der Waals surface area contributed by atoms with E-state index < -0.39 is 10.0 Å². The molecule has 0 saturated heterocycles. The van der Waals surface area contributed by atoms with Crippen molar-refractivity contribution < 1.29 is 12.8 Å². The highest BCUT2D eigenvalue weighted by atomic mass is 32.2. The first-order valence-corrected chi connectivity index (χ1v) is 8.03. The van der Waals surface area contributed by atoms with Crippen molar-refractivity contribution in [2.75, 3.05) is 4.72 Å². The number of anilines is 1. The largest absolute Gasteiger partial charge is 0.408 e. The molecule has 0 bridgehead atoms. The molecule has 0 saturated carbocycles. The van der Waals surface area contributed by atoms with Crippen molar-refractivity contribution in [3.8, 4) is 0 Å². The molecule has 0 aliphatic carbocycles. The molecule has 0 aliphatic heterocycles. The summed E-state index contributed by atoms with van der Waals surface area (Å²) in [6.07, 6.45) is 0. The van der Waals surface area contributed by atoms with Gasteiger partial charge in [-0.3, -0.25) is 0 Å². The van der Waals surface area contributed by atoms with Gasteiger partial charge in [-0.15, -0.1) is 5.10 Å². The number of aryl methyl sites for hydroxylation is 1. The zero-order valence-electron chi connectivity index (χ0n) is 13.0. The quantitative estimate of drug-likeness (QED) is 0.942. The van der Waals surface area contributed by atoms with E-state index in [1.54, 1.807) is 6.92 Å². The lowest BCUT2D eigenvalue weighted by atomic mass is 9.95. The van der Waals surface area contributed by atoms with E-state index in [1.165, 1.54) is 0 Å². The lowest BCUT2D eigenvalue weighted by molar-refractivity contribution is 0.534. The van der Waals surface area contributed by atoms with E-state index in [2.05, 4.69) is 14.9 Å². The maximum Gasteiger partial charge on any atom is 0.329 e. The Kier molecular flexibility index (Phi) is 3.79. The number of benzene rings is 1. The summed E-state index contributed by atoms with van der Waals surface area (Å²) >= 11 is 0. The number of nitrogens with zero attached hydrogens (tertiary/aromatic N) is 2. The number of hydrogen-bond acceptors (Lipinski definition) is 5. The molecule has 0 aliphatic rings. The van der Waals surface area contributed by atoms with Crippen molar-refractivity contribution in [1.29, 1.82) is 0 Å². The van der Waals surface area contributed by atoms with Crippen LogP contribution in [0.15, 0.2) is 9.31 Å². The topological polar surface area (TPSA) is 85.1 Å². The van der Waals surface area contributed by atoms with Gasteiger partial charge in [-0.25, -0.2) is 13.1 Å². The van der Waals surface area contributed by atoms with Crippen LogP contribution in [0.1, 0.15) is 33.7 Å². The standard InChI is InChI=1S/C14H19N3O3S/c1-7-8(2)10(4)13(11(5)9(7)3)21(18,19)17-14-16-15-12(6)20-14/h1-6H3,(H,16,17). The minimum atomic E-state index is -3.77. The molecule has 0 fully saturated rings. The Morgan fingerprint density at radius 1 is 0.810 bits per heavy atom. The summed E-state index contributed by atoms with van der Waals surface area (Å²) < 4.78 is 32.7. The molecule has 2 rings (SSSR count). The maximum absolute atomic E-state index is 12.6. The zero-order valence-corrected chi connectivity index (χ0v) is 13.8. The SMILES string of the molecule is Cc1nnc(NS(=O)(=O)c2c(C)c(C)c(C)c(C)c2C)o1. The van der Waals surface area contributed by atoms with Crippen LogP contribution in [0.5, 0.6) is 0 Å². The van der Waals surface area contributed by atoms with Crippen LogP contribution in [0, 0.1) is 41.5 Å². The summed E-state index contributed by atoms with van der Waals surface area (Å²) in [6.45, 7) is 11.1. The number of hydrogen-bond donors (Lipinski definition) is 1. The van der Waals surface area contributed by atoms with Gasteiger partial charge in [-0.05, 0) is 62.4 Å². The molecule has 21 heavy (non-hydrogen) atoms. The maximum atomic E-state index is 12.6. The minimum absolute atomic E-state index is 0.123. The van der Waals surface area contributed by atoms with Gasteiger partial charge in [-0.1, -0.05) is 5.10 Å². The summed E-state index contributed by atoms with van der Waals surface area (Å²) in [5.41, 5.74) is 4.52. The van der Waals surface area contributed by atoms with Crippen molar-refractivity contribution in [3.63, 3.8) is 0 Å². The molecule has 1 heterocycles. The van der Waals surface area contributed by atoms with Gasteiger partial charge in [0.05, 0.1) is 4.90 Å². The lowest BCUT2D eigenvalue weighted by Gasteiger charge is -2.18. The van der Waals surface area contributed by atoms with Crippen LogP contribution in [0.2, 0.25) is 0 Å². The molecule has 0 unspecified atom stereocenters. The van der Waals surface area contributed by atoms with Gasteiger partial charge in [-0.2, -0.15) is 0 Å². The van der Waals surface area contributed by atoms with E-state index in [-0.39, 0.29) is 10.9 Å². The van der Waals surface area contributed by atoms with Gasteiger partial charge >= 0.3 is 6.01 Å². The number of rotatable bonds is 3. The molecule has 1 aromatic heterocycles. The first kappa shape index (κ1) is 15.5. The Labute approximate surface area is 124 Å². The van der Waals surface area contributed by atoms with Crippen LogP contribution in [0.4, 0.5) is 6.01 Å². The first-order valence-electron chi connectivity index (χ1n) is 6.55. The third kappa shape index (κ3) is 2.65. The van der Waals surface area contributed by atoms with Crippen LogP contribution in [0.25, 0.3) is 0 Å². The van der Waals surface area contributed by atoms with E-state index in [9.17, 15) is 8.42 Å². The molecule has 1 N–H and O–H groups in total. The summed E-state index contributed by atoms with van der Waals surface area (Å²) in [7, 11) is -3.77. The Morgan fingerprint density at radius 3 is 1.71 bits per heavy atom. The van der Waals surface area contributed by atoms with Gasteiger partial charge in [0.25, 0.3) is 10.0 Å². The Morgan fingerprint density at radius 2 is 1.29 bits per heavy atom. The molecule has 7 heteroatoms. The lowest BCUT2D eigenvalue weighted by Crippen LogP contribution is -2.18. The van der Waals surface area contributed by atoms with Crippen LogP contribution in [0.3, 0.4) is 0 Å². The Hall–Kier alpha value is -1.89. The minimum Gasteiger partial charge on any atom is -0.408 e. The monoisotopic (exact) mass is 309 g/mol. The molecule has 114 valence electrons. The summed E-state index contributed by atoms with van der Waals surface area (Å²) in [4.78, 5) is 0.277. The van der Waals surface area contributed by atoms with Crippen LogP contribution >= 0.6 is 0 Å². The van der Waals surface area contributed by atoms with Gasteiger partial charge in [0, 0.05) is 6.92 Å². The molecule has 6 nitrogen and oxygen atoms in total. The Balaban J connectivity index is 2.60. The first-order chi connectivity index (χ1) is 9.65. The second-order valence-corrected chi connectivity index (χ2v) is 6.81. The highest BCUT2D eigenvalue weighted by molar-refractivity contribution is 7.92. The summed E-state index contributed by atoms with van der Waals surface area (Å²) in [5, 5.41) is 7.29. The molecule has 0 atom stereocenters. The fourth-order valence-electron chi connectivity index (χ4n) is 2.37. The van der Waals surface area contributed by atoms with Crippen molar-refractivity contribution in [1.82, 2.24) is 10.2 Å².